The van der Waals surface area contributed by atoms with Crippen molar-refractivity contribution in [1.29, 1.82) is 0 Å². The Morgan fingerprint density at radius 1 is 0.413 bits per heavy atom. The van der Waals surface area contributed by atoms with Gasteiger partial charge < -0.3 is 10.8 Å². The molecule has 0 N–H and O–H groups in total. The zero-order valence-electron chi connectivity index (χ0n) is 43.3. The molecular formula is C67H52Ir2N6-2. The minimum atomic E-state index is 0. The molecule has 0 atom stereocenters. The van der Waals surface area contributed by atoms with Gasteiger partial charge in [0.05, 0.1) is 23.2 Å². The van der Waals surface area contributed by atoms with E-state index in [9.17, 15) is 0 Å². The third-order valence-corrected chi connectivity index (χ3v) is 12.4. The van der Waals surface area contributed by atoms with Crippen LogP contribution in [-0.2, 0) is 40.2 Å². The summed E-state index contributed by atoms with van der Waals surface area (Å²) in [6.07, 6.45) is 14.2. The zero-order chi connectivity index (χ0) is 51.4. The van der Waals surface area contributed by atoms with Crippen LogP contribution in [0.5, 0.6) is 0 Å². The maximum Gasteiger partial charge on any atom is 0.146 e. The first kappa shape index (κ1) is 56.1. The van der Waals surface area contributed by atoms with E-state index >= 15 is 0 Å². The Bertz CT molecular complexity index is 3920. The van der Waals surface area contributed by atoms with E-state index in [-0.39, 0.29) is 40.2 Å². The summed E-state index contributed by atoms with van der Waals surface area (Å²) in [4.78, 5) is 19.3. The summed E-state index contributed by atoms with van der Waals surface area (Å²) in [7, 11) is 0. The molecular weight excluding hydrogens is 1270 g/mol. The van der Waals surface area contributed by atoms with E-state index < -0.39 is 0 Å². The maximum absolute atomic E-state index is 6.45. The Labute approximate surface area is 468 Å². The van der Waals surface area contributed by atoms with E-state index in [2.05, 4.69) is 220 Å². The van der Waals surface area contributed by atoms with E-state index in [0.29, 0.717) is 23.7 Å². The normalized spacial score (nSPS) is 10.1. The number of aromatic nitrogens is 6. The quantitative estimate of drug-likeness (QED) is 0.0946. The number of rotatable bonds is 6. The number of benzene rings is 4. The summed E-state index contributed by atoms with van der Waals surface area (Å²) in [6.45, 7) is 19.8. The van der Waals surface area contributed by atoms with Gasteiger partial charge in [0, 0.05) is 80.7 Å². The van der Waals surface area contributed by atoms with Gasteiger partial charge in [-0.25, -0.2) is 20.9 Å². The third kappa shape index (κ3) is 11.9. The number of fused-ring (bicyclic) bond motifs is 12. The molecule has 6 heterocycles. The van der Waals surface area contributed by atoms with E-state index in [1.807, 2.05) is 55.0 Å². The molecule has 0 spiro atoms. The van der Waals surface area contributed by atoms with Crippen LogP contribution in [0.25, 0.3) is 77.4 Å². The Hall–Kier alpha value is -8.18. The predicted molar refractivity (Wildman–Crippen MR) is 302 cm³/mol. The van der Waals surface area contributed by atoms with Crippen LogP contribution in [0.15, 0.2) is 128 Å². The van der Waals surface area contributed by atoms with Crippen LogP contribution in [0.2, 0.25) is 0 Å². The molecule has 0 fully saturated rings. The summed E-state index contributed by atoms with van der Waals surface area (Å²) in [6, 6.07) is 39.7. The molecule has 0 amide bonds. The molecule has 75 heavy (non-hydrogen) atoms. The number of nitrogens with zero attached hydrogens (tertiary/aromatic N) is 6. The van der Waals surface area contributed by atoms with Crippen molar-refractivity contribution in [3.05, 3.63) is 163 Å². The molecule has 6 nitrogen and oxygen atoms in total. The van der Waals surface area contributed by atoms with Crippen LogP contribution >= 0.6 is 0 Å². The number of hydrogen-bond donors (Lipinski definition) is 0. The fraction of sp³-hybridized carbons (Fsp3) is 0.194. The van der Waals surface area contributed by atoms with Gasteiger partial charge in [0.1, 0.15) is 16.9 Å². The molecule has 0 bridgehead atoms. The summed E-state index contributed by atoms with van der Waals surface area (Å²) >= 11 is 0. The number of imidazole rings is 2. The molecule has 6 aromatic heterocycles. The van der Waals surface area contributed by atoms with Crippen molar-refractivity contribution in [2.75, 3.05) is 0 Å². The molecule has 10 aromatic rings. The monoisotopic (exact) mass is 1330 g/mol. The third-order valence-electron chi connectivity index (χ3n) is 12.4. The standard InChI is InChI=1S/C26H25N3.C26H24N3.C15H3.2Ir/c2*1-16(2)18-11-7-12-19(17(3)4)24(18)23-15-28-26-21-10-6-5-9-20(21)22-13-8-14-27-25(22)29(23)26;1-3-5-7-9-11-13-15-14-12-10-8-6-4-2;;/h5-17H,1-4H3;5-9,11-17H,1-4H3;1H3;;/q;2*-1;;. The van der Waals surface area contributed by atoms with Crippen LogP contribution in [0.1, 0.15) is 108 Å². The van der Waals surface area contributed by atoms with E-state index in [0.717, 1.165) is 60.9 Å². The van der Waals surface area contributed by atoms with Crippen molar-refractivity contribution in [3.63, 3.8) is 0 Å². The first-order valence-electron chi connectivity index (χ1n) is 24.3. The minimum absolute atomic E-state index is 0. The molecule has 0 saturated carbocycles. The van der Waals surface area contributed by atoms with Crippen molar-refractivity contribution in [1.82, 2.24) is 28.7 Å². The van der Waals surface area contributed by atoms with Crippen LogP contribution in [0.4, 0.5) is 0 Å². The molecule has 0 unspecified atom stereocenters. The van der Waals surface area contributed by atoms with E-state index in [4.69, 9.17) is 26.4 Å². The minimum Gasteiger partial charge on any atom is -0.358 e. The SMILES string of the molecule is CC(C)c1cccc(C(C)C)c1-c1cnc2c3[c-]cccc3c3cccnc3n12.CC(C)c1cccc(C(C)C)c1-c1cnc2c3ccccc3c3cccnc3n12.[C-]#CC#CC#CC#CC#CC#CC#CC.[Ir].[Ir]. The Morgan fingerprint density at radius 2 is 0.787 bits per heavy atom. The van der Waals surface area contributed by atoms with Gasteiger partial charge in [-0.3, -0.25) is 15.3 Å². The molecule has 0 aliphatic rings. The van der Waals surface area contributed by atoms with Crippen molar-refractivity contribution in [2.45, 2.75) is 86.0 Å². The Morgan fingerprint density at radius 3 is 1.24 bits per heavy atom. The van der Waals surface area contributed by atoms with E-state index in [1.165, 1.54) is 38.8 Å². The fourth-order valence-electron chi connectivity index (χ4n) is 9.25. The second-order valence-corrected chi connectivity index (χ2v) is 18.4. The molecule has 2 radical (unpaired) electrons. The van der Waals surface area contributed by atoms with Gasteiger partial charge in [-0.2, -0.15) is 0 Å². The van der Waals surface area contributed by atoms with Crippen molar-refractivity contribution in [3.8, 4) is 99.5 Å². The largest absolute Gasteiger partial charge is 0.358 e. The van der Waals surface area contributed by atoms with Gasteiger partial charge in [-0.1, -0.05) is 133 Å². The molecule has 0 saturated heterocycles. The number of hydrogen-bond acceptors (Lipinski definition) is 4. The second kappa shape index (κ2) is 26.2. The molecule has 370 valence electrons. The molecule has 0 aliphatic heterocycles. The molecule has 4 aromatic carbocycles. The smallest absolute Gasteiger partial charge is 0.146 e. The average Bonchev–Trinajstić information content (AvgIpc) is 4.07. The van der Waals surface area contributed by atoms with Gasteiger partial charge in [-0.15, -0.1) is 35.6 Å². The summed E-state index contributed by atoms with van der Waals surface area (Å²) in [5.74, 6) is 33.0. The van der Waals surface area contributed by atoms with Crippen LogP contribution in [0.3, 0.4) is 0 Å². The van der Waals surface area contributed by atoms with Crippen molar-refractivity contribution in [2.24, 2.45) is 0 Å². The Balaban J connectivity index is 0.000000191. The van der Waals surface area contributed by atoms with Crippen molar-refractivity contribution >= 4 is 54.9 Å². The van der Waals surface area contributed by atoms with E-state index in [1.54, 1.807) is 6.92 Å². The number of pyridine rings is 4. The van der Waals surface area contributed by atoms with Crippen LogP contribution in [-0.4, -0.2) is 28.7 Å². The maximum atomic E-state index is 6.45. The summed E-state index contributed by atoms with van der Waals surface area (Å²) < 4.78 is 4.48. The van der Waals surface area contributed by atoms with Gasteiger partial charge in [0.25, 0.3) is 0 Å². The zero-order valence-corrected chi connectivity index (χ0v) is 48.1. The van der Waals surface area contributed by atoms with Gasteiger partial charge in [0.2, 0.25) is 0 Å². The first-order valence-corrected chi connectivity index (χ1v) is 24.3. The predicted octanol–water partition coefficient (Wildman–Crippen LogP) is 14.3. The van der Waals surface area contributed by atoms with Crippen LogP contribution < -0.4 is 0 Å². The first-order chi connectivity index (χ1) is 35.6. The molecule has 0 aliphatic carbocycles. The van der Waals surface area contributed by atoms with Crippen LogP contribution in [0, 0.1) is 89.5 Å². The Kier molecular flexibility index (Phi) is 19.6. The summed E-state index contributed by atoms with van der Waals surface area (Å²) in [5, 5.41) is 6.81. The molecule has 8 heteroatoms. The molecule has 10 rings (SSSR count). The fourth-order valence-corrected chi connectivity index (χ4v) is 9.25. The summed E-state index contributed by atoms with van der Waals surface area (Å²) in [5.41, 5.74) is 14.0. The second-order valence-electron chi connectivity index (χ2n) is 18.4. The van der Waals surface area contributed by atoms with Gasteiger partial charge in [-0.05, 0) is 135 Å². The van der Waals surface area contributed by atoms with Crippen molar-refractivity contribution < 1.29 is 40.2 Å². The average molecular weight is 1330 g/mol. The van der Waals surface area contributed by atoms with Gasteiger partial charge >= 0.3 is 0 Å². The van der Waals surface area contributed by atoms with Gasteiger partial charge in [0.15, 0.2) is 0 Å². The topological polar surface area (TPSA) is 60.4 Å².